The number of carbonyl (C=O) groups is 2. The molecule has 0 aliphatic carbocycles. The zero-order valence-corrected chi connectivity index (χ0v) is 15.4. The zero-order valence-electron chi connectivity index (χ0n) is 14.6. The molecule has 2 amide bonds. The van der Waals surface area contributed by atoms with Crippen LogP contribution in [-0.2, 0) is 9.59 Å². The summed E-state index contributed by atoms with van der Waals surface area (Å²) in [6, 6.07) is 16.4. The lowest BCUT2D eigenvalue weighted by molar-refractivity contribution is -0.139. The van der Waals surface area contributed by atoms with Crippen LogP contribution in [0.5, 0.6) is 5.75 Å². The second kappa shape index (κ2) is 5.85. The number of carbonyl (C=O) groups excluding carboxylic acids is 2. The minimum Gasteiger partial charge on any atom is -0.465 e. The van der Waals surface area contributed by atoms with Crippen molar-refractivity contribution >= 4 is 34.4 Å². The highest BCUT2D eigenvalue weighted by molar-refractivity contribution is 8.15. The van der Waals surface area contributed by atoms with Crippen LogP contribution in [0.4, 0.5) is 5.69 Å². The van der Waals surface area contributed by atoms with Crippen molar-refractivity contribution in [2.75, 3.05) is 11.1 Å². The third-order valence-corrected chi connectivity index (χ3v) is 6.10. The quantitative estimate of drug-likeness (QED) is 0.871. The number of amidine groups is 1. The molecule has 2 aromatic carbocycles. The maximum atomic E-state index is 13.3. The summed E-state index contributed by atoms with van der Waals surface area (Å²) in [5.41, 5.74) is 0.474. The minimum absolute atomic E-state index is 0.0278. The molecule has 136 valence electrons. The summed E-state index contributed by atoms with van der Waals surface area (Å²) in [6.07, 6.45) is 0. The van der Waals surface area contributed by atoms with E-state index in [1.165, 1.54) is 11.8 Å². The molecule has 0 radical (unpaired) electrons. The number of ether oxygens (including phenoxy) is 1. The maximum Gasteiger partial charge on any atom is 0.239 e. The first-order valence-electron chi connectivity index (χ1n) is 8.75. The van der Waals surface area contributed by atoms with Gasteiger partial charge in [-0.15, -0.1) is 0 Å². The molecule has 2 aromatic rings. The van der Waals surface area contributed by atoms with Crippen molar-refractivity contribution in [1.82, 2.24) is 4.90 Å². The summed E-state index contributed by atoms with van der Waals surface area (Å²) in [5, 5.41) is 3.59. The topological polar surface area (TPSA) is 71.0 Å². The van der Waals surface area contributed by atoms with Gasteiger partial charge in [-0.05, 0) is 25.1 Å². The first-order chi connectivity index (χ1) is 13.1. The fourth-order valence-corrected chi connectivity index (χ4v) is 5.00. The van der Waals surface area contributed by atoms with E-state index < -0.39 is 17.7 Å². The number of rotatable bonds is 2. The van der Waals surface area contributed by atoms with Crippen LogP contribution in [0, 0.1) is 5.92 Å². The fourth-order valence-electron chi connectivity index (χ4n) is 4.01. The molecule has 0 aromatic heterocycles. The lowest BCUT2D eigenvalue weighted by atomic mass is 9.79. The van der Waals surface area contributed by atoms with E-state index in [1.54, 1.807) is 4.90 Å². The molecule has 1 fully saturated rings. The van der Waals surface area contributed by atoms with Gasteiger partial charge in [0.2, 0.25) is 17.5 Å². The van der Waals surface area contributed by atoms with Gasteiger partial charge in [-0.2, -0.15) is 0 Å². The number of para-hydroxylation sites is 2. The standard InChI is InChI=1S/C20H17N3O3S/c1-20-16(18(25)21-12-7-3-2-4-8-12)17(13-9-5-6-10-14(13)26-20)23-15(24)11-27-19(23)22-20/h2-10,16-17H,11H2,1H3,(H,21,25)/t16-,17+,20-/m0/s1. The smallest absolute Gasteiger partial charge is 0.239 e. The Bertz CT molecular complexity index is 977. The molecule has 6 nitrogen and oxygen atoms in total. The van der Waals surface area contributed by atoms with Crippen molar-refractivity contribution in [2.24, 2.45) is 10.9 Å². The van der Waals surface area contributed by atoms with Crippen molar-refractivity contribution in [1.29, 1.82) is 0 Å². The Morgan fingerprint density at radius 2 is 1.96 bits per heavy atom. The number of nitrogens with one attached hydrogen (secondary N) is 1. The zero-order chi connectivity index (χ0) is 18.6. The molecule has 1 saturated heterocycles. The van der Waals surface area contributed by atoms with Gasteiger partial charge in [0.05, 0.1) is 11.8 Å². The fraction of sp³-hybridized carbons (Fsp3) is 0.250. The van der Waals surface area contributed by atoms with E-state index in [9.17, 15) is 9.59 Å². The molecule has 2 bridgehead atoms. The van der Waals surface area contributed by atoms with Crippen molar-refractivity contribution in [3.63, 3.8) is 0 Å². The highest BCUT2D eigenvalue weighted by Crippen LogP contribution is 2.52. The summed E-state index contributed by atoms with van der Waals surface area (Å²) in [7, 11) is 0. The number of benzene rings is 2. The maximum absolute atomic E-state index is 13.3. The van der Waals surface area contributed by atoms with E-state index in [-0.39, 0.29) is 11.8 Å². The summed E-state index contributed by atoms with van der Waals surface area (Å²) < 4.78 is 6.21. The van der Waals surface area contributed by atoms with Crippen molar-refractivity contribution < 1.29 is 14.3 Å². The average Bonchev–Trinajstić information content (AvgIpc) is 3.01. The molecule has 0 unspecified atom stereocenters. The number of hydrogen-bond donors (Lipinski definition) is 1. The summed E-state index contributed by atoms with van der Waals surface area (Å²) in [6.45, 7) is 1.82. The number of thioether (sulfide) groups is 1. The Balaban J connectivity index is 1.63. The third-order valence-electron chi connectivity index (χ3n) is 5.17. The number of fused-ring (bicyclic) bond motifs is 6. The van der Waals surface area contributed by atoms with Crippen molar-refractivity contribution in [3.8, 4) is 5.75 Å². The van der Waals surface area contributed by atoms with Gasteiger partial charge in [0.1, 0.15) is 11.7 Å². The van der Waals surface area contributed by atoms with Crippen LogP contribution in [0.3, 0.4) is 0 Å². The van der Waals surface area contributed by atoms with Crippen LogP contribution in [0.2, 0.25) is 0 Å². The first kappa shape index (κ1) is 16.4. The molecule has 5 rings (SSSR count). The Hall–Kier alpha value is -2.80. The van der Waals surface area contributed by atoms with Crippen LogP contribution in [0.15, 0.2) is 59.6 Å². The van der Waals surface area contributed by atoms with Crippen LogP contribution in [-0.4, -0.2) is 33.4 Å². The third kappa shape index (κ3) is 2.45. The monoisotopic (exact) mass is 379 g/mol. The van der Waals surface area contributed by atoms with E-state index in [0.717, 1.165) is 5.56 Å². The molecule has 1 N–H and O–H groups in total. The number of aliphatic imine (C=N–C) groups is 1. The molecular formula is C20H17N3O3S. The van der Waals surface area contributed by atoms with E-state index in [4.69, 9.17) is 9.73 Å². The Labute approximate surface area is 160 Å². The lowest BCUT2D eigenvalue weighted by Gasteiger charge is -2.49. The van der Waals surface area contributed by atoms with E-state index in [2.05, 4.69) is 5.32 Å². The molecule has 27 heavy (non-hydrogen) atoms. The van der Waals surface area contributed by atoms with Crippen LogP contribution in [0.25, 0.3) is 0 Å². The number of nitrogens with zero attached hydrogens (tertiary/aromatic N) is 2. The van der Waals surface area contributed by atoms with Crippen LogP contribution in [0.1, 0.15) is 18.5 Å². The molecule has 3 atom stereocenters. The van der Waals surface area contributed by atoms with Gasteiger partial charge < -0.3 is 10.1 Å². The van der Waals surface area contributed by atoms with E-state index in [1.807, 2.05) is 61.5 Å². The average molecular weight is 379 g/mol. The van der Waals surface area contributed by atoms with Gasteiger partial charge in [-0.25, -0.2) is 4.99 Å². The normalized spacial score (nSPS) is 28.0. The van der Waals surface area contributed by atoms with Crippen LogP contribution < -0.4 is 10.1 Å². The second-order valence-electron chi connectivity index (χ2n) is 6.92. The minimum atomic E-state index is -1.07. The number of anilines is 1. The Morgan fingerprint density at radius 3 is 2.78 bits per heavy atom. The van der Waals surface area contributed by atoms with Crippen LogP contribution >= 0.6 is 11.8 Å². The van der Waals surface area contributed by atoms with Gasteiger partial charge in [0.25, 0.3) is 0 Å². The molecule has 3 aliphatic rings. The van der Waals surface area contributed by atoms with Gasteiger partial charge >= 0.3 is 0 Å². The SMILES string of the molecule is C[C@]12N=C3SCC(=O)N3[C@H](c3ccccc3O1)[C@H]2C(=O)Nc1ccccc1. The number of amides is 2. The molecular weight excluding hydrogens is 362 g/mol. The second-order valence-corrected chi connectivity index (χ2v) is 7.86. The highest BCUT2D eigenvalue weighted by atomic mass is 32.2. The Kier molecular flexibility index (Phi) is 3.55. The molecule has 7 heteroatoms. The van der Waals surface area contributed by atoms with Gasteiger partial charge in [0.15, 0.2) is 5.17 Å². The lowest BCUT2D eigenvalue weighted by Crippen LogP contribution is -2.59. The molecule has 0 saturated carbocycles. The van der Waals surface area contributed by atoms with Gasteiger partial charge in [0, 0.05) is 11.3 Å². The van der Waals surface area contributed by atoms with E-state index in [0.29, 0.717) is 22.4 Å². The first-order valence-corrected chi connectivity index (χ1v) is 9.74. The van der Waals surface area contributed by atoms with Crippen molar-refractivity contribution in [2.45, 2.75) is 18.7 Å². The summed E-state index contributed by atoms with van der Waals surface area (Å²) in [5.74, 6) is 0.108. The predicted molar refractivity (Wildman–Crippen MR) is 104 cm³/mol. The highest BCUT2D eigenvalue weighted by Gasteiger charge is 2.59. The largest absolute Gasteiger partial charge is 0.465 e. The summed E-state index contributed by atoms with van der Waals surface area (Å²) in [4.78, 5) is 32.2. The van der Waals surface area contributed by atoms with Gasteiger partial charge in [-0.3, -0.25) is 14.5 Å². The molecule has 3 aliphatic heterocycles. The Morgan fingerprint density at radius 1 is 1.22 bits per heavy atom. The molecule has 3 heterocycles. The number of hydrogen-bond acceptors (Lipinski definition) is 5. The molecule has 0 spiro atoms. The van der Waals surface area contributed by atoms with Gasteiger partial charge in [-0.1, -0.05) is 48.2 Å². The predicted octanol–water partition coefficient (Wildman–Crippen LogP) is 3.04. The summed E-state index contributed by atoms with van der Waals surface area (Å²) >= 11 is 1.40. The van der Waals surface area contributed by atoms with Crippen molar-refractivity contribution in [3.05, 3.63) is 60.2 Å². The van der Waals surface area contributed by atoms with E-state index >= 15 is 0 Å².